The minimum atomic E-state index is -1.53. The standard InChI is InChI=1S/C23H32N2O8S/c1-6-33-23(24-18(26)10-15-7-8-16(30-4)17(9-15)31-5)19(27)25-11-22(21(28)29,12-32-14(2)3)13-34-20(23)25/h7-9,14,20H,6,10-13H2,1-5H3,(H,24,26)(H,28,29)/t20-,22?,23?/m1/s1. The molecule has 10 nitrogen and oxygen atoms in total. The molecule has 3 rings (SSSR count). The maximum absolute atomic E-state index is 13.2. The van der Waals surface area contributed by atoms with Crippen molar-refractivity contribution in [2.45, 2.75) is 44.4 Å². The van der Waals surface area contributed by atoms with E-state index in [4.69, 9.17) is 18.9 Å². The molecule has 11 heteroatoms. The van der Waals surface area contributed by atoms with Crippen LogP contribution in [0.1, 0.15) is 26.3 Å². The average molecular weight is 497 g/mol. The van der Waals surface area contributed by atoms with Crippen LogP contribution in [-0.2, 0) is 30.3 Å². The lowest BCUT2D eigenvalue weighted by Crippen LogP contribution is -2.83. The van der Waals surface area contributed by atoms with E-state index < -0.39 is 34.3 Å². The third-order valence-corrected chi connectivity index (χ3v) is 7.48. The van der Waals surface area contributed by atoms with Crippen LogP contribution in [0.15, 0.2) is 18.2 Å². The second-order valence-corrected chi connectivity index (χ2v) is 9.69. The lowest BCUT2D eigenvalue weighted by molar-refractivity contribution is -0.207. The molecule has 3 atom stereocenters. The normalized spacial score (nSPS) is 26.0. The molecule has 2 aliphatic heterocycles. The largest absolute Gasteiger partial charge is 0.493 e. The molecule has 1 aromatic carbocycles. The Morgan fingerprint density at radius 3 is 2.56 bits per heavy atom. The maximum atomic E-state index is 13.2. The fourth-order valence-corrected chi connectivity index (χ4v) is 5.68. The average Bonchev–Trinajstić information content (AvgIpc) is 2.81. The van der Waals surface area contributed by atoms with Crippen LogP contribution in [0.25, 0.3) is 0 Å². The number of methoxy groups -OCH3 is 2. The summed E-state index contributed by atoms with van der Waals surface area (Å²) in [5.74, 6) is -0.601. The molecule has 2 amide bonds. The summed E-state index contributed by atoms with van der Waals surface area (Å²) in [4.78, 5) is 39.7. The molecule has 1 aromatic rings. The van der Waals surface area contributed by atoms with E-state index in [-0.39, 0.29) is 38.0 Å². The van der Waals surface area contributed by atoms with Gasteiger partial charge in [0.2, 0.25) is 5.91 Å². The van der Waals surface area contributed by atoms with Gasteiger partial charge >= 0.3 is 5.97 Å². The molecule has 34 heavy (non-hydrogen) atoms. The molecule has 2 unspecified atom stereocenters. The van der Waals surface area contributed by atoms with Gasteiger partial charge in [-0.15, -0.1) is 11.8 Å². The van der Waals surface area contributed by atoms with Crippen LogP contribution in [0.3, 0.4) is 0 Å². The first-order chi connectivity index (χ1) is 16.1. The molecular formula is C23H32N2O8S. The Kier molecular flexibility index (Phi) is 7.99. The van der Waals surface area contributed by atoms with Gasteiger partial charge < -0.3 is 34.3 Å². The topological polar surface area (TPSA) is 124 Å². The Balaban J connectivity index is 1.74. The Hall–Kier alpha value is -2.50. The van der Waals surface area contributed by atoms with E-state index in [0.29, 0.717) is 17.1 Å². The number of benzene rings is 1. The summed E-state index contributed by atoms with van der Waals surface area (Å²) in [6, 6.07) is 5.15. The van der Waals surface area contributed by atoms with Crippen molar-refractivity contribution in [2.24, 2.45) is 5.41 Å². The summed E-state index contributed by atoms with van der Waals surface area (Å²) in [7, 11) is 3.04. The molecular weight excluding hydrogens is 464 g/mol. The SMILES string of the molecule is CCOC1(NC(=O)Cc2ccc(OC)c(OC)c2)C(=O)N2CC(COC(C)C)(C(=O)O)CS[C@@H]21. The number of hydrogen-bond acceptors (Lipinski definition) is 8. The Bertz CT molecular complexity index is 942. The highest BCUT2D eigenvalue weighted by atomic mass is 32.2. The number of amides is 2. The van der Waals surface area contributed by atoms with E-state index in [1.165, 1.54) is 30.9 Å². The Morgan fingerprint density at radius 1 is 1.26 bits per heavy atom. The highest BCUT2D eigenvalue weighted by molar-refractivity contribution is 8.00. The predicted molar refractivity (Wildman–Crippen MR) is 125 cm³/mol. The smallest absolute Gasteiger partial charge is 0.314 e. The maximum Gasteiger partial charge on any atom is 0.314 e. The lowest BCUT2D eigenvalue weighted by Gasteiger charge is -2.59. The second kappa shape index (κ2) is 10.4. The molecule has 2 saturated heterocycles. The van der Waals surface area contributed by atoms with Crippen molar-refractivity contribution in [3.8, 4) is 11.5 Å². The van der Waals surface area contributed by atoms with E-state index in [2.05, 4.69) is 5.32 Å². The number of hydrogen-bond donors (Lipinski definition) is 2. The first-order valence-corrected chi connectivity index (χ1v) is 12.1. The summed E-state index contributed by atoms with van der Waals surface area (Å²) < 4.78 is 21.9. The fraction of sp³-hybridized carbons (Fsp3) is 0.609. The van der Waals surface area contributed by atoms with Crippen molar-refractivity contribution in [1.82, 2.24) is 10.2 Å². The van der Waals surface area contributed by atoms with Gasteiger partial charge in [-0.25, -0.2) is 0 Å². The molecule has 0 spiro atoms. The summed E-state index contributed by atoms with van der Waals surface area (Å²) >= 11 is 1.28. The van der Waals surface area contributed by atoms with Crippen molar-refractivity contribution < 1.29 is 38.4 Å². The first-order valence-electron chi connectivity index (χ1n) is 11.1. The molecule has 188 valence electrons. The van der Waals surface area contributed by atoms with E-state index in [1.807, 2.05) is 13.8 Å². The van der Waals surface area contributed by atoms with Crippen LogP contribution in [0.5, 0.6) is 11.5 Å². The van der Waals surface area contributed by atoms with Crippen LogP contribution < -0.4 is 14.8 Å². The summed E-state index contributed by atoms with van der Waals surface area (Å²) in [5, 5.41) is 12.1. The number of carbonyl (C=O) groups excluding carboxylic acids is 2. The number of ether oxygens (including phenoxy) is 4. The van der Waals surface area contributed by atoms with E-state index >= 15 is 0 Å². The third kappa shape index (κ3) is 4.82. The number of nitrogens with one attached hydrogen (secondary N) is 1. The van der Waals surface area contributed by atoms with Crippen molar-refractivity contribution in [1.29, 1.82) is 0 Å². The van der Waals surface area contributed by atoms with Crippen molar-refractivity contribution >= 4 is 29.5 Å². The van der Waals surface area contributed by atoms with Gasteiger partial charge in [-0.05, 0) is 38.5 Å². The minimum Gasteiger partial charge on any atom is -0.493 e. The van der Waals surface area contributed by atoms with Gasteiger partial charge in [-0.2, -0.15) is 0 Å². The molecule has 2 heterocycles. The minimum absolute atomic E-state index is 0.00113. The highest BCUT2D eigenvalue weighted by Gasteiger charge is 2.67. The van der Waals surface area contributed by atoms with E-state index in [9.17, 15) is 19.5 Å². The Morgan fingerprint density at radius 2 is 1.97 bits per heavy atom. The van der Waals surface area contributed by atoms with Crippen molar-refractivity contribution in [3.05, 3.63) is 23.8 Å². The zero-order chi connectivity index (χ0) is 25.1. The number of fused-ring (bicyclic) bond motifs is 1. The van der Waals surface area contributed by atoms with E-state index in [1.54, 1.807) is 25.1 Å². The number of carbonyl (C=O) groups is 3. The quantitative estimate of drug-likeness (QED) is 0.346. The number of aliphatic carboxylic acids is 1. The summed E-state index contributed by atoms with van der Waals surface area (Å²) in [6.07, 6.45) is -0.134. The van der Waals surface area contributed by atoms with Gasteiger partial charge in [-0.1, -0.05) is 6.07 Å². The third-order valence-electron chi connectivity index (χ3n) is 5.86. The Labute approximate surface area is 203 Å². The van der Waals surface area contributed by atoms with Crippen molar-refractivity contribution in [2.75, 3.05) is 39.7 Å². The van der Waals surface area contributed by atoms with Gasteiger partial charge in [0.25, 0.3) is 11.6 Å². The van der Waals surface area contributed by atoms with Gasteiger partial charge in [0.05, 0.1) is 33.4 Å². The predicted octanol–water partition coefficient (Wildman–Crippen LogP) is 1.51. The van der Waals surface area contributed by atoms with Gasteiger partial charge in [0.15, 0.2) is 11.5 Å². The summed E-state index contributed by atoms with van der Waals surface area (Å²) in [6.45, 7) is 5.59. The number of rotatable bonds is 11. The molecule has 0 aliphatic carbocycles. The van der Waals surface area contributed by atoms with Gasteiger partial charge in [0.1, 0.15) is 10.8 Å². The van der Waals surface area contributed by atoms with Crippen LogP contribution in [0, 0.1) is 5.41 Å². The molecule has 0 saturated carbocycles. The monoisotopic (exact) mass is 496 g/mol. The molecule has 0 bridgehead atoms. The zero-order valence-electron chi connectivity index (χ0n) is 20.1. The number of carboxylic acids is 1. The molecule has 0 aromatic heterocycles. The van der Waals surface area contributed by atoms with Crippen molar-refractivity contribution in [3.63, 3.8) is 0 Å². The van der Waals surface area contributed by atoms with Gasteiger partial charge in [-0.3, -0.25) is 14.4 Å². The molecule has 2 N–H and O–H groups in total. The lowest BCUT2D eigenvalue weighted by atomic mass is 9.87. The summed E-state index contributed by atoms with van der Waals surface area (Å²) in [5.41, 5.74) is -2.07. The number of carboxylic acid groups (broad SMARTS) is 1. The highest BCUT2D eigenvalue weighted by Crippen LogP contribution is 2.48. The fourth-order valence-electron chi connectivity index (χ4n) is 4.09. The molecule has 2 aliphatic rings. The van der Waals surface area contributed by atoms with Gasteiger partial charge in [0, 0.05) is 18.9 Å². The molecule has 2 fully saturated rings. The van der Waals surface area contributed by atoms with Crippen LogP contribution in [0.2, 0.25) is 0 Å². The number of thioether (sulfide) groups is 1. The second-order valence-electron chi connectivity index (χ2n) is 8.62. The number of nitrogens with zero attached hydrogens (tertiary/aromatic N) is 1. The number of β-lactam (4-membered cyclic amide) rings is 1. The van der Waals surface area contributed by atoms with E-state index in [0.717, 1.165) is 0 Å². The van der Waals surface area contributed by atoms with Crippen LogP contribution in [0.4, 0.5) is 0 Å². The van der Waals surface area contributed by atoms with Crippen LogP contribution in [-0.4, -0.2) is 84.7 Å². The molecule has 0 radical (unpaired) electrons. The first kappa shape index (κ1) is 26.1. The zero-order valence-corrected chi connectivity index (χ0v) is 20.9. The van der Waals surface area contributed by atoms with Crippen LogP contribution >= 0.6 is 11.8 Å².